The van der Waals surface area contributed by atoms with Crippen molar-refractivity contribution in [2.45, 2.75) is 26.2 Å². The highest BCUT2D eigenvalue weighted by atomic mass is 16.1. The summed E-state index contributed by atoms with van der Waals surface area (Å²) in [5, 5.41) is 6.08. The molecule has 0 heterocycles. The Labute approximate surface area is 125 Å². The zero-order valence-corrected chi connectivity index (χ0v) is 12.3. The number of hydrogen-bond donors (Lipinski definition) is 2. The Hall–Kier alpha value is -2.29. The van der Waals surface area contributed by atoms with Gasteiger partial charge in [-0.05, 0) is 61.6 Å². The van der Waals surface area contributed by atoms with Crippen molar-refractivity contribution in [3.63, 3.8) is 0 Å². The van der Waals surface area contributed by atoms with E-state index in [-0.39, 0.29) is 12.5 Å². The van der Waals surface area contributed by atoms with Gasteiger partial charge in [0.15, 0.2) is 0 Å². The first-order valence-corrected chi connectivity index (χ1v) is 7.43. The van der Waals surface area contributed by atoms with Crippen molar-refractivity contribution >= 4 is 17.3 Å². The van der Waals surface area contributed by atoms with Crippen LogP contribution in [-0.4, -0.2) is 12.5 Å². The highest BCUT2D eigenvalue weighted by Crippen LogP contribution is 2.24. The van der Waals surface area contributed by atoms with E-state index in [4.69, 9.17) is 0 Å². The summed E-state index contributed by atoms with van der Waals surface area (Å²) in [6.07, 6.45) is 3.58. The predicted octanol–water partition coefficient (Wildman–Crippen LogP) is 3.53. The third kappa shape index (κ3) is 3.43. The molecule has 0 saturated heterocycles. The minimum Gasteiger partial charge on any atom is -0.376 e. The molecule has 1 aliphatic rings. The summed E-state index contributed by atoms with van der Waals surface area (Å²) >= 11 is 0. The van der Waals surface area contributed by atoms with Gasteiger partial charge in [0, 0.05) is 11.4 Å². The second kappa shape index (κ2) is 6.00. The van der Waals surface area contributed by atoms with Gasteiger partial charge in [-0.25, -0.2) is 0 Å². The van der Waals surface area contributed by atoms with Crippen molar-refractivity contribution in [1.29, 1.82) is 0 Å². The maximum atomic E-state index is 11.9. The lowest BCUT2D eigenvalue weighted by Gasteiger charge is -2.09. The molecule has 0 fully saturated rings. The molecule has 0 unspecified atom stereocenters. The lowest BCUT2D eigenvalue weighted by atomic mass is 10.1. The molecular formula is C18H20N2O. The van der Waals surface area contributed by atoms with Gasteiger partial charge in [-0.2, -0.15) is 0 Å². The van der Waals surface area contributed by atoms with E-state index in [1.807, 2.05) is 31.2 Å². The number of amides is 1. The molecule has 0 atom stereocenters. The van der Waals surface area contributed by atoms with Crippen molar-refractivity contribution in [3.8, 4) is 0 Å². The van der Waals surface area contributed by atoms with Gasteiger partial charge >= 0.3 is 0 Å². The molecule has 3 heteroatoms. The number of anilines is 2. The minimum atomic E-state index is -0.0284. The van der Waals surface area contributed by atoms with Crippen LogP contribution >= 0.6 is 0 Å². The number of carbonyl (C=O) groups excluding carboxylic acids is 1. The molecule has 108 valence electrons. The second-order valence-electron chi connectivity index (χ2n) is 5.60. The highest BCUT2D eigenvalue weighted by molar-refractivity contribution is 5.93. The molecule has 2 aromatic carbocycles. The van der Waals surface area contributed by atoms with E-state index in [1.54, 1.807) is 0 Å². The maximum Gasteiger partial charge on any atom is 0.243 e. The first kappa shape index (κ1) is 13.7. The van der Waals surface area contributed by atoms with Gasteiger partial charge < -0.3 is 10.6 Å². The largest absolute Gasteiger partial charge is 0.376 e. The molecule has 3 nitrogen and oxygen atoms in total. The van der Waals surface area contributed by atoms with Crippen molar-refractivity contribution in [1.82, 2.24) is 0 Å². The third-order valence-electron chi connectivity index (χ3n) is 3.89. The molecular weight excluding hydrogens is 260 g/mol. The summed E-state index contributed by atoms with van der Waals surface area (Å²) in [6.45, 7) is 2.31. The number of nitrogens with one attached hydrogen (secondary N) is 2. The van der Waals surface area contributed by atoms with Crippen LogP contribution in [0.15, 0.2) is 42.5 Å². The van der Waals surface area contributed by atoms with Gasteiger partial charge in [-0.15, -0.1) is 0 Å². The number of benzene rings is 2. The lowest BCUT2D eigenvalue weighted by Crippen LogP contribution is -2.21. The van der Waals surface area contributed by atoms with Crippen molar-refractivity contribution in [2.24, 2.45) is 0 Å². The normalized spacial score (nSPS) is 12.8. The van der Waals surface area contributed by atoms with Crippen LogP contribution in [0.5, 0.6) is 0 Å². The number of hydrogen-bond acceptors (Lipinski definition) is 2. The molecule has 21 heavy (non-hydrogen) atoms. The number of fused-ring (bicyclic) bond motifs is 1. The first-order chi connectivity index (χ1) is 10.2. The zero-order valence-electron chi connectivity index (χ0n) is 12.3. The number of aryl methyl sites for hydroxylation is 3. The van der Waals surface area contributed by atoms with E-state index < -0.39 is 0 Å². The Morgan fingerprint density at radius 3 is 2.52 bits per heavy atom. The monoisotopic (exact) mass is 280 g/mol. The molecule has 1 amide bonds. The Balaban J connectivity index is 1.55. The van der Waals surface area contributed by atoms with Gasteiger partial charge in [0.1, 0.15) is 0 Å². The average Bonchev–Trinajstić information content (AvgIpc) is 2.95. The third-order valence-corrected chi connectivity index (χ3v) is 3.89. The lowest BCUT2D eigenvalue weighted by molar-refractivity contribution is -0.114. The Kier molecular flexibility index (Phi) is 3.91. The van der Waals surface area contributed by atoms with Crippen molar-refractivity contribution in [2.75, 3.05) is 17.2 Å². The Morgan fingerprint density at radius 2 is 1.71 bits per heavy atom. The van der Waals surface area contributed by atoms with E-state index in [2.05, 4.69) is 28.8 Å². The molecule has 0 radical (unpaired) electrons. The molecule has 3 rings (SSSR count). The summed E-state index contributed by atoms with van der Waals surface area (Å²) in [6, 6.07) is 14.2. The van der Waals surface area contributed by atoms with E-state index in [9.17, 15) is 4.79 Å². The van der Waals surface area contributed by atoms with Crippen LogP contribution in [0.3, 0.4) is 0 Å². The highest BCUT2D eigenvalue weighted by Gasteiger charge is 2.11. The topological polar surface area (TPSA) is 41.1 Å². The quantitative estimate of drug-likeness (QED) is 0.899. The fourth-order valence-corrected chi connectivity index (χ4v) is 2.71. The molecule has 0 aliphatic heterocycles. The summed E-state index contributed by atoms with van der Waals surface area (Å²) < 4.78 is 0. The Morgan fingerprint density at radius 1 is 1.00 bits per heavy atom. The molecule has 0 spiro atoms. The zero-order chi connectivity index (χ0) is 14.7. The summed E-state index contributed by atoms with van der Waals surface area (Å²) in [4.78, 5) is 11.9. The maximum absolute atomic E-state index is 11.9. The molecule has 1 aliphatic carbocycles. The predicted molar refractivity (Wildman–Crippen MR) is 86.8 cm³/mol. The van der Waals surface area contributed by atoms with Crippen LogP contribution in [0.4, 0.5) is 11.4 Å². The van der Waals surface area contributed by atoms with Crippen molar-refractivity contribution in [3.05, 3.63) is 59.2 Å². The van der Waals surface area contributed by atoms with E-state index in [0.717, 1.165) is 17.8 Å². The van der Waals surface area contributed by atoms with Gasteiger partial charge in [0.2, 0.25) is 5.91 Å². The van der Waals surface area contributed by atoms with Crippen LogP contribution in [0.1, 0.15) is 23.1 Å². The fourth-order valence-electron chi connectivity index (χ4n) is 2.71. The standard InChI is InChI=1S/C18H20N2O/c1-13-5-8-16(9-6-13)20-18(21)12-19-17-10-7-14-3-2-4-15(14)11-17/h5-11,19H,2-4,12H2,1H3,(H,20,21). The smallest absolute Gasteiger partial charge is 0.243 e. The summed E-state index contributed by atoms with van der Waals surface area (Å²) in [7, 11) is 0. The molecule has 0 aromatic heterocycles. The van der Waals surface area contributed by atoms with Crippen LogP contribution in [0.25, 0.3) is 0 Å². The van der Waals surface area contributed by atoms with Crippen LogP contribution < -0.4 is 10.6 Å². The van der Waals surface area contributed by atoms with E-state index >= 15 is 0 Å². The number of carbonyl (C=O) groups is 1. The van der Waals surface area contributed by atoms with Crippen LogP contribution in [0.2, 0.25) is 0 Å². The van der Waals surface area contributed by atoms with E-state index in [0.29, 0.717) is 0 Å². The minimum absolute atomic E-state index is 0.0284. The van der Waals surface area contributed by atoms with Gasteiger partial charge in [0.25, 0.3) is 0 Å². The van der Waals surface area contributed by atoms with Gasteiger partial charge in [-0.1, -0.05) is 23.8 Å². The molecule has 0 bridgehead atoms. The Bertz CT molecular complexity index is 647. The SMILES string of the molecule is Cc1ccc(NC(=O)CNc2ccc3c(c2)CCC3)cc1. The molecule has 2 N–H and O–H groups in total. The summed E-state index contributed by atoms with van der Waals surface area (Å²) in [5.74, 6) is -0.0284. The van der Waals surface area contributed by atoms with Crippen molar-refractivity contribution < 1.29 is 4.79 Å². The second-order valence-corrected chi connectivity index (χ2v) is 5.60. The molecule has 2 aromatic rings. The first-order valence-electron chi connectivity index (χ1n) is 7.43. The van der Waals surface area contributed by atoms with E-state index in [1.165, 1.54) is 29.5 Å². The van der Waals surface area contributed by atoms with Gasteiger partial charge in [0.05, 0.1) is 6.54 Å². The summed E-state index contributed by atoms with van der Waals surface area (Å²) in [5.41, 5.74) is 5.91. The fraction of sp³-hybridized carbons (Fsp3) is 0.278. The average molecular weight is 280 g/mol. The number of rotatable bonds is 4. The van der Waals surface area contributed by atoms with Crippen LogP contribution in [-0.2, 0) is 17.6 Å². The van der Waals surface area contributed by atoms with Gasteiger partial charge in [-0.3, -0.25) is 4.79 Å². The van der Waals surface area contributed by atoms with Crippen LogP contribution in [0, 0.1) is 6.92 Å². The molecule has 0 saturated carbocycles.